The number of aliphatic hydroxyl groups excluding tert-OH is 1. The second-order valence-corrected chi connectivity index (χ2v) is 3.99. The Morgan fingerprint density at radius 3 is 2.56 bits per heavy atom. The van der Waals surface area contributed by atoms with Crippen LogP contribution in [0.3, 0.4) is 0 Å². The van der Waals surface area contributed by atoms with Gasteiger partial charge in [-0.1, -0.05) is 44.2 Å². The van der Waals surface area contributed by atoms with Crippen LogP contribution in [0.2, 0.25) is 0 Å². The zero-order valence-corrected chi connectivity index (χ0v) is 9.81. The molecule has 3 heteroatoms. The summed E-state index contributed by atoms with van der Waals surface area (Å²) in [5.74, 6) is 0.0324. The summed E-state index contributed by atoms with van der Waals surface area (Å²) in [6, 6.07) is 9.50. The second-order valence-electron chi connectivity index (χ2n) is 3.99. The molecule has 3 nitrogen and oxygen atoms in total. The predicted octanol–water partition coefficient (Wildman–Crippen LogP) is 1.88. The minimum Gasteiger partial charge on any atom is -0.388 e. The Bertz CT molecular complexity index is 324. The van der Waals surface area contributed by atoms with Crippen molar-refractivity contribution < 1.29 is 9.90 Å². The van der Waals surface area contributed by atoms with E-state index in [1.165, 1.54) is 0 Å². The van der Waals surface area contributed by atoms with Crippen LogP contribution in [-0.2, 0) is 4.79 Å². The van der Waals surface area contributed by atoms with Crippen LogP contribution in [-0.4, -0.2) is 17.6 Å². The van der Waals surface area contributed by atoms with Crippen molar-refractivity contribution in [2.75, 3.05) is 6.54 Å². The molecule has 88 valence electrons. The van der Waals surface area contributed by atoms with Crippen LogP contribution in [0.15, 0.2) is 30.3 Å². The number of nitrogens with one attached hydrogen (secondary N) is 1. The Kier molecular flexibility index (Phi) is 4.99. The molecule has 1 aromatic rings. The molecule has 0 aliphatic rings. The number of carbonyl (C=O) groups excluding carboxylic acids is 1. The minimum absolute atomic E-state index is 0.0119. The van der Waals surface area contributed by atoms with Crippen molar-refractivity contribution in [3.05, 3.63) is 35.9 Å². The minimum atomic E-state index is -0.529. The molecule has 0 saturated carbocycles. The average Bonchev–Trinajstić information content (AvgIpc) is 2.35. The standard InChI is InChI=1S/C13H19NO2/c1-3-12(15)14-9-10(2)13(16)11-7-5-4-6-8-11/h4-8,10,13,16H,3,9H2,1-2H3,(H,14,15)/t10-,13-/m1/s1. The molecule has 2 atom stereocenters. The summed E-state index contributed by atoms with van der Waals surface area (Å²) in [4.78, 5) is 11.1. The van der Waals surface area contributed by atoms with E-state index >= 15 is 0 Å². The Morgan fingerprint density at radius 2 is 2.00 bits per heavy atom. The lowest BCUT2D eigenvalue weighted by atomic mass is 9.97. The van der Waals surface area contributed by atoms with Crippen molar-refractivity contribution in [2.24, 2.45) is 5.92 Å². The van der Waals surface area contributed by atoms with Crippen LogP contribution in [0.5, 0.6) is 0 Å². The van der Waals surface area contributed by atoms with Gasteiger partial charge in [-0.2, -0.15) is 0 Å². The first-order valence-electron chi connectivity index (χ1n) is 5.64. The van der Waals surface area contributed by atoms with E-state index in [1.54, 1.807) is 0 Å². The fraction of sp³-hybridized carbons (Fsp3) is 0.462. The smallest absolute Gasteiger partial charge is 0.219 e. The first kappa shape index (κ1) is 12.7. The molecule has 0 fully saturated rings. The molecule has 1 aromatic carbocycles. The summed E-state index contributed by atoms with van der Waals surface area (Å²) >= 11 is 0. The molecule has 0 radical (unpaired) electrons. The average molecular weight is 221 g/mol. The molecule has 0 saturated heterocycles. The molecule has 0 aliphatic heterocycles. The SMILES string of the molecule is CCC(=O)NC[C@@H](C)[C@@H](O)c1ccccc1. The number of aliphatic hydroxyl groups is 1. The monoisotopic (exact) mass is 221 g/mol. The normalized spacial score (nSPS) is 14.2. The second kappa shape index (κ2) is 6.28. The van der Waals surface area contributed by atoms with Gasteiger partial charge in [0.05, 0.1) is 6.10 Å². The van der Waals surface area contributed by atoms with Crippen LogP contribution < -0.4 is 5.32 Å². The van der Waals surface area contributed by atoms with Crippen LogP contribution in [0.4, 0.5) is 0 Å². The third-order valence-corrected chi connectivity index (χ3v) is 2.62. The number of amides is 1. The third-order valence-electron chi connectivity index (χ3n) is 2.62. The molecule has 0 aromatic heterocycles. The molecule has 1 rings (SSSR count). The van der Waals surface area contributed by atoms with Crippen molar-refractivity contribution in [3.63, 3.8) is 0 Å². The maximum Gasteiger partial charge on any atom is 0.219 e. The van der Waals surface area contributed by atoms with Crippen LogP contribution in [0.25, 0.3) is 0 Å². The molecular weight excluding hydrogens is 202 g/mol. The van der Waals surface area contributed by atoms with Crippen molar-refractivity contribution in [1.29, 1.82) is 0 Å². The van der Waals surface area contributed by atoms with Crippen molar-refractivity contribution in [2.45, 2.75) is 26.4 Å². The van der Waals surface area contributed by atoms with Gasteiger partial charge < -0.3 is 10.4 Å². The molecule has 0 aliphatic carbocycles. The van der Waals surface area contributed by atoms with E-state index in [2.05, 4.69) is 5.32 Å². The van der Waals surface area contributed by atoms with Crippen molar-refractivity contribution >= 4 is 5.91 Å². The van der Waals surface area contributed by atoms with Crippen molar-refractivity contribution in [3.8, 4) is 0 Å². The molecule has 0 spiro atoms. The zero-order valence-electron chi connectivity index (χ0n) is 9.81. The summed E-state index contributed by atoms with van der Waals surface area (Å²) in [7, 11) is 0. The molecule has 16 heavy (non-hydrogen) atoms. The summed E-state index contributed by atoms with van der Waals surface area (Å²) in [5.41, 5.74) is 0.890. The van der Waals surface area contributed by atoms with Gasteiger partial charge in [0, 0.05) is 18.9 Å². The highest BCUT2D eigenvalue weighted by Crippen LogP contribution is 2.20. The summed E-state index contributed by atoms with van der Waals surface area (Å²) < 4.78 is 0. The Balaban J connectivity index is 2.48. The van der Waals surface area contributed by atoms with E-state index in [4.69, 9.17) is 0 Å². The molecule has 2 N–H and O–H groups in total. The largest absolute Gasteiger partial charge is 0.388 e. The van der Waals surface area contributed by atoms with Gasteiger partial charge in [0.25, 0.3) is 0 Å². The topological polar surface area (TPSA) is 49.3 Å². The summed E-state index contributed by atoms with van der Waals surface area (Å²) in [6.45, 7) is 4.24. The van der Waals surface area contributed by atoms with Gasteiger partial charge in [-0.25, -0.2) is 0 Å². The van der Waals surface area contributed by atoms with Gasteiger partial charge in [-0.15, -0.1) is 0 Å². The highest BCUT2D eigenvalue weighted by Gasteiger charge is 2.16. The maximum absolute atomic E-state index is 11.1. The van der Waals surface area contributed by atoms with E-state index in [9.17, 15) is 9.90 Å². The molecule has 0 heterocycles. The number of carbonyl (C=O) groups is 1. The third kappa shape index (κ3) is 3.66. The van der Waals surface area contributed by atoms with Gasteiger partial charge in [0.1, 0.15) is 0 Å². The lowest BCUT2D eigenvalue weighted by Gasteiger charge is -2.19. The van der Waals surface area contributed by atoms with Gasteiger partial charge >= 0.3 is 0 Å². The van der Waals surface area contributed by atoms with E-state index in [-0.39, 0.29) is 11.8 Å². The number of rotatable bonds is 5. The molecule has 1 amide bonds. The predicted molar refractivity (Wildman–Crippen MR) is 63.9 cm³/mol. The number of hydrogen-bond acceptors (Lipinski definition) is 2. The number of hydrogen-bond donors (Lipinski definition) is 2. The van der Waals surface area contributed by atoms with Crippen LogP contribution in [0.1, 0.15) is 31.9 Å². The maximum atomic E-state index is 11.1. The van der Waals surface area contributed by atoms with Crippen molar-refractivity contribution in [1.82, 2.24) is 5.32 Å². The van der Waals surface area contributed by atoms with Gasteiger partial charge in [0.15, 0.2) is 0 Å². The van der Waals surface area contributed by atoms with E-state index < -0.39 is 6.10 Å². The fourth-order valence-corrected chi connectivity index (χ4v) is 1.49. The van der Waals surface area contributed by atoms with Crippen LogP contribution in [0, 0.1) is 5.92 Å². The lowest BCUT2D eigenvalue weighted by Crippen LogP contribution is -2.30. The Morgan fingerprint density at radius 1 is 1.38 bits per heavy atom. The Hall–Kier alpha value is -1.35. The highest BCUT2D eigenvalue weighted by molar-refractivity contribution is 5.75. The first-order chi connectivity index (χ1) is 7.65. The molecular formula is C13H19NO2. The van der Waals surface area contributed by atoms with Gasteiger partial charge in [-0.3, -0.25) is 4.79 Å². The van der Waals surface area contributed by atoms with E-state index in [1.807, 2.05) is 44.2 Å². The quantitative estimate of drug-likeness (QED) is 0.797. The zero-order chi connectivity index (χ0) is 12.0. The first-order valence-corrected chi connectivity index (χ1v) is 5.64. The summed E-state index contributed by atoms with van der Waals surface area (Å²) in [6.07, 6.45) is -0.0490. The van der Waals surface area contributed by atoms with E-state index in [0.29, 0.717) is 13.0 Å². The molecule has 0 bridgehead atoms. The summed E-state index contributed by atoms with van der Waals surface area (Å²) in [5, 5.41) is 12.8. The van der Waals surface area contributed by atoms with Gasteiger partial charge in [0.2, 0.25) is 5.91 Å². The van der Waals surface area contributed by atoms with E-state index in [0.717, 1.165) is 5.56 Å². The highest BCUT2D eigenvalue weighted by atomic mass is 16.3. The lowest BCUT2D eigenvalue weighted by molar-refractivity contribution is -0.121. The number of benzene rings is 1. The van der Waals surface area contributed by atoms with Crippen LogP contribution >= 0.6 is 0 Å². The fourth-order valence-electron chi connectivity index (χ4n) is 1.49. The van der Waals surface area contributed by atoms with Gasteiger partial charge in [-0.05, 0) is 5.56 Å². The Labute approximate surface area is 96.5 Å². The molecule has 0 unspecified atom stereocenters.